The molecule has 0 spiro atoms. The highest BCUT2D eigenvalue weighted by atomic mass is 32.2. The van der Waals surface area contributed by atoms with Crippen molar-refractivity contribution in [3.8, 4) is 28.4 Å². The van der Waals surface area contributed by atoms with Gasteiger partial charge >= 0.3 is 0 Å². The topological polar surface area (TPSA) is 56.6 Å². The molecule has 0 radical (unpaired) electrons. The summed E-state index contributed by atoms with van der Waals surface area (Å²) in [5, 5.41) is 4.86. The highest BCUT2D eigenvalue weighted by Crippen LogP contribution is 2.37. The standard InChI is InChI=1S/C26H27N3O3S2/c1-4-5-9-14-28-25(30)23(34-26(28)33)16-19-17-29(20-10-7-6-8-11-20)27-24(19)18-12-13-21(31-2)22(15-18)32-3/h6-8,10-13,15-17H,4-5,9,14H2,1-3H3. The minimum absolute atomic E-state index is 0.0446. The summed E-state index contributed by atoms with van der Waals surface area (Å²) in [6.45, 7) is 2.80. The van der Waals surface area contributed by atoms with E-state index in [0.717, 1.165) is 41.8 Å². The fourth-order valence-corrected chi connectivity index (χ4v) is 5.07. The first-order valence-corrected chi connectivity index (χ1v) is 12.4. The molecule has 1 aliphatic heterocycles. The summed E-state index contributed by atoms with van der Waals surface area (Å²) in [7, 11) is 3.21. The lowest BCUT2D eigenvalue weighted by Gasteiger charge is -2.13. The Morgan fingerprint density at radius 3 is 2.53 bits per heavy atom. The quantitative estimate of drug-likeness (QED) is 0.209. The summed E-state index contributed by atoms with van der Waals surface area (Å²) in [5.74, 6) is 1.21. The number of rotatable bonds is 9. The molecule has 1 aromatic heterocycles. The lowest BCUT2D eigenvalue weighted by atomic mass is 10.1. The van der Waals surface area contributed by atoms with Crippen molar-refractivity contribution in [2.24, 2.45) is 0 Å². The van der Waals surface area contributed by atoms with Gasteiger partial charge in [0.2, 0.25) is 0 Å². The normalized spacial score (nSPS) is 14.8. The second-order valence-electron chi connectivity index (χ2n) is 7.82. The molecule has 0 atom stereocenters. The molecule has 0 N–H and O–H groups in total. The van der Waals surface area contributed by atoms with Crippen LogP contribution in [0.3, 0.4) is 0 Å². The minimum Gasteiger partial charge on any atom is -0.493 e. The van der Waals surface area contributed by atoms with E-state index in [1.165, 1.54) is 11.8 Å². The molecule has 0 aliphatic carbocycles. The number of hydrogen-bond donors (Lipinski definition) is 0. The van der Waals surface area contributed by atoms with E-state index in [4.69, 9.17) is 26.8 Å². The van der Waals surface area contributed by atoms with E-state index in [1.54, 1.807) is 19.1 Å². The van der Waals surface area contributed by atoms with Crippen molar-refractivity contribution in [3.63, 3.8) is 0 Å². The third kappa shape index (κ3) is 5.03. The third-order valence-electron chi connectivity index (χ3n) is 5.57. The van der Waals surface area contributed by atoms with Crippen LogP contribution in [0.4, 0.5) is 0 Å². The molecule has 0 saturated carbocycles. The summed E-state index contributed by atoms with van der Waals surface area (Å²) < 4.78 is 13.3. The van der Waals surface area contributed by atoms with E-state index < -0.39 is 0 Å². The number of carbonyl (C=O) groups is 1. The number of benzene rings is 2. The molecule has 8 heteroatoms. The van der Waals surface area contributed by atoms with Crippen molar-refractivity contribution < 1.29 is 14.3 Å². The third-order valence-corrected chi connectivity index (χ3v) is 6.94. The molecule has 1 amide bonds. The summed E-state index contributed by atoms with van der Waals surface area (Å²) in [6.07, 6.45) is 6.93. The molecule has 2 aromatic carbocycles. The number of methoxy groups -OCH3 is 2. The van der Waals surface area contributed by atoms with Crippen molar-refractivity contribution in [2.45, 2.75) is 26.2 Å². The van der Waals surface area contributed by atoms with Gasteiger partial charge in [-0.3, -0.25) is 9.69 Å². The number of aromatic nitrogens is 2. The number of thioether (sulfide) groups is 1. The van der Waals surface area contributed by atoms with Gasteiger partial charge in [-0.15, -0.1) is 0 Å². The van der Waals surface area contributed by atoms with Crippen molar-refractivity contribution in [1.29, 1.82) is 0 Å². The second-order valence-corrected chi connectivity index (χ2v) is 9.50. The molecule has 1 fully saturated rings. The van der Waals surface area contributed by atoms with Crippen molar-refractivity contribution in [2.75, 3.05) is 20.8 Å². The van der Waals surface area contributed by atoms with Gasteiger partial charge < -0.3 is 9.47 Å². The van der Waals surface area contributed by atoms with Crippen LogP contribution in [-0.2, 0) is 4.79 Å². The summed E-state index contributed by atoms with van der Waals surface area (Å²) >= 11 is 6.85. The number of unbranched alkanes of at least 4 members (excludes halogenated alkanes) is 2. The zero-order chi connectivity index (χ0) is 24.1. The summed E-state index contributed by atoms with van der Waals surface area (Å²) in [5.41, 5.74) is 3.35. The van der Waals surface area contributed by atoms with Crippen LogP contribution < -0.4 is 9.47 Å². The number of hydrogen-bond acceptors (Lipinski definition) is 6. The summed E-state index contributed by atoms with van der Waals surface area (Å²) in [6, 6.07) is 15.6. The molecule has 34 heavy (non-hydrogen) atoms. The Labute approximate surface area is 209 Å². The Balaban J connectivity index is 1.75. The Bertz CT molecular complexity index is 1220. The van der Waals surface area contributed by atoms with Crippen LogP contribution >= 0.6 is 24.0 Å². The van der Waals surface area contributed by atoms with Crippen molar-refractivity contribution in [3.05, 3.63) is 65.2 Å². The molecular weight excluding hydrogens is 466 g/mol. The van der Waals surface area contributed by atoms with Gasteiger partial charge in [-0.1, -0.05) is 61.9 Å². The maximum Gasteiger partial charge on any atom is 0.266 e. The van der Waals surface area contributed by atoms with E-state index in [9.17, 15) is 4.79 Å². The Kier molecular flexibility index (Phi) is 7.70. The van der Waals surface area contributed by atoms with Gasteiger partial charge in [-0.2, -0.15) is 5.10 Å². The van der Waals surface area contributed by atoms with E-state index in [0.29, 0.717) is 27.3 Å². The molecule has 0 unspecified atom stereocenters. The van der Waals surface area contributed by atoms with Gasteiger partial charge in [0.05, 0.1) is 24.8 Å². The monoisotopic (exact) mass is 493 g/mol. The molecule has 1 aliphatic rings. The molecule has 3 aromatic rings. The van der Waals surface area contributed by atoms with Crippen molar-refractivity contribution >= 4 is 40.3 Å². The smallest absolute Gasteiger partial charge is 0.266 e. The fraction of sp³-hybridized carbons (Fsp3) is 0.269. The zero-order valence-electron chi connectivity index (χ0n) is 19.5. The van der Waals surface area contributed by atoms with Gasteiger partial charge in [-0.05, 0) is 42.8 Å². The van der Waals surface area contributed by atoms with Crippen molar-refractivity contribution in [1.82, 2.24) is 14.7 Å². The molecule has 0 bridgehead atoms. The first kappa shape index (κ1) is 24.0. The average Bonchev–Trinajstić information content (AvgIpc) is 3.40. The number of amides is 1. The zero-order valence-corrected chi connectivity index (χ0v) is 21.1. The first-order chi connectivity index (χ1) is 16.5. The minimum atomic E-state index is -0.0446. The van der Waals surface area contributed by atoms with Gasteiger partial charge in [-0.25, -0.2) is 4.68 Å². The Hall–Kier alpha value is -3.10. The SMILES string of the molecule is CCCCCN1C(=O)C(=Cc2cn(-c3ccccc3)nc2-c2ccc(OC)c(OC)c2)SC1=S. The van der Waals surface area contributed by atoms with E-state index in [2.05, 4.69) is 6.92 Å². The second kappa shape index (κ2) is 10.9. The number of thiocarbonyl (C=S) groups is 1. The van der Waals surface area contributed by atoms with Crippen LogP contribution in [0.5, 0.6) is 11.5 Å². The molecule has 1 saturated heterocycles. The number of carbonyl (C=O) groups excluding carboxylic acids is 1. The molecular formula is C26H27N3O3S2. The predicted molar refractivity (Wildman–Crippen MR) is 142 cm³/mol. The largest absolute Gasteiger partial charge is 0.493 e. The molecule has 2 heterocycles. The molecule has 6 nitrogen and oxygen atoms in total. The Morgan fingerprint density at radius 2 is 1.82 bits per heavy atom. The van der Waals surface area contributed by atoms with Crippen LogP contribution in [0.15, 0.2) is 59.6 Å². The van der Waals surface area contributed by atoms with Crippen LogP contribution in [0, 0.1) is 0 Å². The fourth-order valence-electron chi connectivity index (χ4n) is 3.77. The van der Waals surface area contributed by atoms with Gasteiger partial charge in [0.15, 0.2) is 11.5 Å². The number of para-hydroxylation sites is 1. The lowest BCUT2D eigenvalue weighted by molar-refractivity contribution is -0.122. The maximum atomic E-state index is 13.1. The highest BCUT2D eigenvalue weighted by Gasteiger charge is 2.32. The van der Waals surface area contributed by atoms with E-state index in [1.807, 2.05) is 65.5 Å². The number of nitrogens with zero attached hydrogens (tertiary/aromatic N) is 3. The predicted octanol–water partition coefficient (Wildman–Crippen LogP) is 5.95. The van der Waals surface area contributed by atoms with Crippen LogP contribution in [0.1, 0.15) is 31.7 Å². The van der Waals surface area contributed by atoms with Gasteiger partial charge in [0.1, 0.15) is 10.0 Å². The first-order valence-electron chi connectivity index (χ1n) is 11.2. The van der Waals surface area contributed by atoms with Crippen LogP contribution in [0.2, 0.25) is 0 Å². The Morgan fingerprint density at radius 1 is 1.06 bits per heavy atom. The van der Waals surface area contributed by atoms with E-state index in [-0.39, 0.29) is 5.91 Å². The van der Waals surface area contributed by atoms with Crippen LogP contribution in [-0.4, -0.2) is 45.7 Å². The maximum absolute atomic E-state index is 13.1. The van der Waals surface area contributed by atoms with Crippen LogP contribution in [0.25, 0.3) is 23.0 Å². The lowest BCUT2D eigenvalue weighted by Crippen LogP contribution is -2.28. The van der Waals surface area contributed by atoms with Gasteiger partial charge in [0, 0.05) is 23.9 Å². The van der Waals surface area contributed by atoms with Gasteiger partial charge in [0.25, 0.3) is 5.91 Å². The van der Waals surface area contributed by atoms with E-state index >= 15 is 0 Å². The highest BCUT2D eigenvalue weighted by molar-refractivity contribution is 8.26. The summed E-state index contributed by atoms with van der Waals surface area (Å²) in [4.78, 5) is 15.4. The molecule has 4 rings (SSSR count). The average molecular weight is 494 g/mol. The number of ether oxygens (including phenoxy) is 2. The molecule has 176 valence electrons.